The number of aromatic nitrogens is 3. The first-order valence-electron chi connectivity index (χ1n) is 11.7. The molecule has 0 aliphatic carbocycles. The lowest BCUT2D eigenvalue weighted by Crippen LogP contribution is -2.39. The number of nitrogens with zero attached hydrogens (tertiary/aromatic N) is 5. The Kier molecular flexibility index (Phi) is 7.48. The van der Waals surface area contributed by atoms with Crippen molar-refractivity contribution in [2.45, 2.75) is 19.0 Å². The largest absolute Gasteiger partial charge is 0.465 e. The molecule has 2 heterocycles. The average Bonchev–Trinajstić information content (AvgIpc) is 3.18. The molecule has 2 aromatic heterocycles. The SMILES string of the molecule is C[C@H](NC(=O)O)[C@H](Nc1nc(Nc2ccc3c(c2)c(N(C)C)nn3C)c(C#N)cc1F)c1cc(F)cc(F)c1. The van der Waals surface area contributed by atoms with E-state index in [0.29, 0.717) is 11.8 Å². The van der Waals surface area contributed by atoms with Crippen molar-refractivity contribution >= 4 is 40.1 Å². The van der Waals surface area contributed by atoms with E-state index < -0.39 is 35.6 Å². The summed E-state index contributed by atoms with van der Waals surface area (Å²) in [6.07, 6.45) is -1.38. The predicted octanol–water partition coefficient (Wildman–Crippen LogP) is 4.88. The van der Waals surface area contributed by atoms with Crippen LogP contribution >= 0.6 is 0 Å². The minimum Gasteiger partial charge on any atom is -0.465 e. The van der Waals surface area contributed by atoms with E-state index in [-0.39, 0.29) is 22.8 Å². The summed E-state index contributed by atoms with van der Waals surface area (Å²) in [5.41, 5.74) is 1.34. The standard InChI is InChI=1S/C26H25F3N8O2/c1-13(31-26(38)39)22(14-7-16(27)10-17(28)8-14)33-24-20(29)9-15(12-30)23(34-24)32-18-5-6-21-19(11-18)25(36(2)3)35-37(21)4/h5-11,13,22,31H,1-4H3,(H,38,39)(H2,32,33,34)/t13-,22-/m0/s1. The van der Waals surface area contributed by atoms with Crippen LogP contribution in [0.2, 0.25) is 0 Å². The highest BCUT2D eigenvalue weighted by molar-refractivity contribution is 5.93. The van der Waals surface area contributed by atoms with Crippen LogP contribution in [0.25, 0.3) is 10.9 Å². The van der Waals surface area contributed by atoms with Gasteiger partial charge in [0, 0.05) is 38.3 Å². The molecular weight excluding hydrogens is 513 g/mol. The molecule has 2 aromatic carbocycles. The lowest BCUT2D eigenvalue weighted by Gasteiger charge is -2.26. The molecule has 0 bridgehead atoms. The van der Waals surface area contributed by atoms with Crippen molar-refractivity contribution in [2.24, 2.45) is 7.05 Å². The fraction of sp³-hybridized carbons (Fsp3) is 0.231. The minimum absolute atomic E-state index is 0.0130. The number of nitrogens with one attached hydrogen (secondary N) is 3. The number of hydrogen-bond acceptors (Lipinski definition) is 7. The number of benzene rings is 2. The van der Waals surface area contributed by atoms with Crippen molar-refractivity contribution in [3.05, 3.63) is 71.0 Å². The van der Waals surface area contributed by atoms with Crippen molar-refractivity contribution in [1.29, 1.82) is 5.26 Å². The second-order valence-corrected chi connectivity index (χ2v) is 9.09. The number of hydrogen-bond donors (Lipinski definition) is 4. The van der Waals surface area contributed by atoms with Crippen LogP contribution in [0, 0.1) is 28.8 Å². The van der Waals surface area contributed by atoms with Crippen molar-refractivity contribution < 1.29 is 23.1 Å². The highest BCUT2D eigenvalue weighted by Crippen LogP contribution is 2.31. The maximum absolute atomic E-state index is 15.1. The van der Waals surface area contributed by atoms with Crippen LogP contribution in [0.4, 0.5) is 41.1 Å². The Hall–Kier alpha value is -4.99. The molecule has 39 heavy (non-hydrogen) atoms. The summed E-state index contributed by atoms with van der Waals surface area (Å²) in [6, 6.07) is 8.85. The first-order chi connectivity index (χ1) is 18.5. The lowest BCUT2D eigenvalue weighted by atomic mass is 10.00. The lowest BCUT2D eigenvalue weighted by molar-refractivity contribution is 0.189. The summed E-state index contributed by atoms with van der Waals surface area (Å²) in [4.78, 5) is 17.4. The van der Waals surface area contributed by atoms with E-state index in [1.807, 2.05) is 44.2 Å². The van der Waals surface area contributed by atoms with Gasteiger partial charge in [-0.25, -0.2) is 22.9 Å². The van der Waals surface area contributed by atoms with E-state index in [0.717, 1.165) is 34.9 Å². The highest BCUT2D eigenvalue weighted by atomic mass is 19.1. The van der Waals surface area contributed by atoms with Crippen molar-refractivity contribution in [2.75, 3.05) is 29.6 Å². The number of halogens is 3. The van der Waals surface area contributed by atoms with Gasteiger partial charge in [0.25, 0.3) is 0 Å². The summed E-state index contributed by atoms with van der Waals surface area (Å²) in [6.45, 7) is 1.45. The van der Waals surface area contributed by atoms with Gasteiger partial charge in [0.1, 0.15) is 17.7 Å². The molecule has 0 spiro atoms. The molecule has 0 aliphatic rings. The Morgan fingerprint density at radius 1 is 1.10 bits per heavy atom. The second kappa shape index (κ2) is 10.8. The number of carbonyl (C=O) groups is 1. The minimum atomic E-state index is -1.38. The maximum atomic E-state index is 15.1. The fourth-order valence-electron chi connectivity index (χ4n) is 4.24. The number of pyridine rings is 1. The highest BCUT2D eigenvalue weighted by Gasteiger charge is 2.25. The summed E-state index contributed by atoms with van der Waals surface area (Å²) < 4.78 is 44.8. The number of nitriles is 1. The number of anilines is 4. The molecular formula is C26H25F3N8O2. The molecule has 0 saturated carbocycles. The van der Waals surface area contributed by atoms with E-state index in [2.05, 4.69) is 26.0 Å². The smallest absolute Gasteiger partial charge is 0.404 e. The van der Waals surface area contributed by atoms with Gasteiger partial charge in [-0.1, -0.05) is 0 Å². The molecule has 4 rings (SSSR count). The van der Waals surface area contributed by atoms with Crippen molar-refractivity contribution in [3.63, 3.8) is 0 Å². The molecule has 0 aliphatic heterocycles. The van der Waals surface area contributed by atoms with Gasteiger partial charge < -0.3 is 26.0 Å². The second-order valence-electron chi connectivity index (χ2n) is 9.09. The zero-order chi connectivity index (χ0) is 28.4. The van der Waals surface area contributed by atoms with E-state index in [1.165, 1.54) is 6.92 Å². The number of rotatable bonds is 8. The third-order valence-electron chi connectivity index (χ3n) is 6.00. The molecule has 0 unspecified atom stereocenters. The van der Waals surface area contributed by atoms with Crippen molar-refractivity contribution in [1.82, 2.24) is 20.1 Å². The number of fused-ring (bicyclic) bond motifs is 1. The molecule has 4 aromatic rings. The summed E-state index contributed by atoms with van der Waals surface area (Å²) in [5.74, 6) is -2.33. The Balaban J connectivity index is 1.74. The molecule has 13 heteroatoms. The van der Waals surface area contributed by atoms with E-state index >= 15 is 4.39 Å². The van der Waals surface area contributed by atoms with Crippen LogP contribution in [0.15, 0.2) is 42.5 Å². The first kappa shape index (κ1) is 27.1. The Morgan fingerprint density at radius 3 is 2.41 bits per heavy atom. The molecule has 0 saturated heterocycles. The Morgan fingerprint density at radius 2 is 1.79 bits per heavy atom. The number of amides is 1. The van der Waals surface area contributed by atoms with Gasteiger partial charge in [0.05, 0.1) is 23.2 Å². The Bertz CT molecular complexity index is 1580. The van der Waals surface area contributed by atoms with Crippen LogP contribution in [-0.2, 0) is 7.05 Å². The summed E-state index contributed by atoms with van der Waals surface area (Å²) >= 11 is 0. The van der Waals surface area contributed by atoms with Crippen LogP contribution in [0.5, 0.6) is 0 Å². The zero-order valence-electron chi connectivity index (χ0n) is 21.4. The van der Waals surface area contributed by atoms with Crippen LogP contribution in [0.3, 0.4) is 0 Å². The number of aryl methyl sites for hydroxylation is 1. The molecule has 10 nitrogen and oxygen atoms in total. The van der Waals surface area contributed by atoms with Gasteiger partial charge in [-0.05, 0) is 48.9 Å². The molecule has 0 fully saturated rings. The van der Waals surface area contributed by atoms with Crippen LogP contribution < -0.4 is 20.9 Å². The molecule has 2 atom stereocenters. The van der Waals surface area contributed by atoms with E-state index in [4.69, 9.17) is 0 Å². The van der Waals surface area contributed by atoms with Gasteiger partial charge in [0.15, 0.2) is 23.3 Å². The third kappa shape index (κ3) is 5.80. The Labute approximate surface area is 221 Å². The van der Waals surface area contributed by atoms with E-state index in [1.54, 1.807) is 10.7 Å². The summed E-state index contributed by atoms with van der Waals surface area (Å²) in [5, 5.41) is 32.1. The molecule has 0 radical (unpaired) electrons. The topological polar surface area (TPSA) is 131 Å². The van der Waals surface area contributed by atoms with Gasteiger partial charge in [-0.15, -0.1) is 0 Å². The average molecular weight is 539 g/mol. The normalized spacial score (nSPS) is 12.5. The summed E-state index contributed by atoms with van der Waals surface area (Å²) in [7, 11) is 5.53. The van der Waals surface area contributed by atoms with Crippen LogP contribution in [0.1, 0.15) is 24.1 Å². The van der Waals surface area contributed by atoms with Crippen molar-refractivity contribution in [3.8, 4) is 6.07 Å². The molecule has 202 valence electrons. The quantitative estimate of drug-likeness (QED) is 0.250. The van der Waals surface area contributed by atoms with E-state index in [9.17, 15) is 23.9 Å². The van der Waals surface area contributed by atoms with Gasteiger partial charge in [-0.3, -0.25) is 4.68 Å². The molecule has 4 N–H and O–H groups in total. The third-order valence-corrected chi connectivity index (χ3v) is 6.00. The monoisotopic (exact) mass is 538 g/mol. The van der Waals surface area contributed by atoms with Crippen LogP contribution in [-0.4, -0.2) is 46.1 Å². The maximum Gasteiger partial charge on any atom is 0.404 e. The van der Waals surface area contributed by atoms with Gasteiger partial charge >= 0.3 is 6.09 Å². The predicted molar refractivity (Wildman–Crippen MR) is 141 cm³/mol. The zero-order valence-corrected chi connectivity index (χ0v) is 21.4. The van der Waals surface area contributed by atoms with Gasteiger partial charge in [0.2, 0.25) is 0 Å². The van der Waals surface area contributed by atoms with Gasteiger partial charge in [-0.2, -0.15) is 10.4 Å². The first-order valence-corrected chi connectivity index (χ1v) is 11.7. The fourth-order valence-corrected chi connectivity index (χ4v) is 4.24. The molecule has 1 amide bonds. The number of carboxylic acid groups (broad SMARTS) is 1.